The average Bonchev–Trinajstić information content (AvgIpc) is 2.43. The largest absolute Gasteiger partial charge is 0.449 e. The Morgan fingerprint density at radius 1 is 1.43 bits per heavy atom. The summed E-state index contributed by atoms with van der Waals surface area (Å²) in [5.74, 6) is -1.31. The molecule has 1 aromatic rings. The van der Waals surface area contributed by atoms with Crippen molar-refractivity contribution in [1.82, 2.24) is 5.32 Å². The molecule has 0 spiro atoms. The molecule has 1 rings (SSSR count). The molecule has 0 aliphatic carbocycles. The summed E-state index contributed by atoms with van der Waals surface area (Å²) in [5.41, 5.74) is -0.0332. The van der Waals surface area contributed by atoms with E-state index in [1.807, 2.05) is 6.92 Å². The molecule has 0 bridgehead atoms. The van der Waals surface area contributed by atoms with Crippen molar-refractivity contribution in [3.05, 3.63) is 39.4 Å². The molecule has 0 fully saturated rings. The summed E-state index contributed by atoms with van der Waals surface area (Å²) in [6.45, 7) is 5.37. The van der Waals surface area contributed by atoms with Crippen LogP contribution in [0.25, 0.3) is 0 Å². The van der Waals surface area contributed by atoms with Gasteiger partial charge in [0, 0.05) is 12.6 Å². The van der Waals surface area contributed by atoms with Crippen molar-refractivity contribution in [3.63, 3.8) is 0 Å². The lowest BCUT2D eigenvalue weighted by atomic mass is 10.1. The van der Waals surface area contributed by atoms with Crippen LogP contribution in [0.3, 0.4) is 0 Å². The maximum absolute atomic E-state index is 12.1. The topological polar surface area (TPSA) is 98.5 Å². The Labute approximate surface area is 122 Å². The molecule has 0 unspecified atom stereocenters. The number of rotatable bonds is 6. The van der Waals surface area contributed by atoms with Crippen LogP contribution in [0, 0.1) is 17.0 Å². The minimum Gasteiger partial charge on any atom is -0.449 e. The zero-order valence-corrected chi connectivity index (χ0v) is 12.2. The van der Waals surface area contributed by atoms with E-state index in [-0.39, 0.29) is 11.3 Å². The molecule has 7 heteroatoms. The van der Waals surface area contributed by atoms with Gasteiger partial charge in [-0.1, -0.05) is 19.1 Å². The van der Waals surface area contributed by atoms with Crippen molar-refractivity contribution in [2.75, 3.05) is 6.54 Å². The third-order valence-corrected chi connectivity index (χ3v) is 2.85. The van der Waals surface area contributed by atoms with Crippen LogP contribution in [0.2, 0.25) is 0 Å². The molecule has 114 valence electrons. The maximum Gasteiger partial charge on any atom is 0.346 e. The predicted molar refractivity (Wildman–Crippen MR) is 76.0 cm³/mol. The highest BCUT2D eigenvalue weighted by molar-refractivity contribution is 5.97. The highest BCUT2D eigenvalue weighted by Crippen LogP contribution is 2.23. The summed E-state index contributed by atoms with van der Waals surface area (Å²) in [4.78, 5) is 34.0. The lowest BCUT2D eigenvalue weighted by Crippen LogP contribution is -2.36. The summed E-state index contributed by atoms with van der Waals surface area (Å²) in [7, 11) is 0. The number of aryl methyl sites for hydroxylation is 1. The molecule has 0 heterocycles. The molecule has 0 radical (unpaired) electrons. The summed E-state index contributed by atoms with van der Waals surface area (Å²) < 4.78 is 5.01. The second-order valence-corrected chi connectivity index (χ2v) is 4.56. The van der Waals surface area contributed by atoms with Gasteiger partial charge in [0.25, 0.3) is 11.6 Å². The van der Waals surface area contributed by atoms with Gasteiger partial charge in [-0.25, -0.2) is 4.79 Å². The van der Waals surface area contributed by atoms with E-state index in [1.165, 1.54) is 19.1 Å². The van der Waals surface area contributed by atoms with Gasteiger partial charge in [0.15, 0.2) is 6.10 Å². The van der Waals surface area contributed by atoms with Crippen molar-refractivity contribution in [2.45, 2.75) is 33.3 Å². The zero-order chi connectivity index (χ0) is 16.0. The second-order valence-electron chi connectivity index (χ2n) is 4.56. The molecule has 0 saturated carbocycles. The van der Waals surface area contributed by atoms with Gasteiger partial charge >= 0.3 is 5.97 Å². The number of hydrogen-bond donors (Lipinski definition) is 1. The first-order valence-electron chi connectivity index (χ1n) is 6.61. The van der Waals surface area contributed by atoms with Crippen molar-refractivity contribution in [3.8, 4) is 0 Å². The van der Waals surface area contributed by atoms with Gasteiger partial charge in [-0.15, -0.1) is 0 Å². The van der Waals surface area contributed by atoms with Gasteiger partial charge in [-0.05, 0) is 25.8 Å². The third-order valence-electron chi connectivity index (χ3n) is 2.85. The molecule has 1 aromatic carbocycles. The summed E-state index contributed by atoms with van der Waals surface area (Å²) in [6, 6.07) is 4.29. The van der Waals surface area contributed by atoms with E-state index < -0.39 is 22.9 Å². The van der Waals surface area contributed by atoms with E-state index in [0.29, 0.717) is 12.1 Å². The van der Waals surface area contributed by atoms with Crippen LogP contribution in [-0.2, 0) is 9.53 Å². The van der Waals surface area contributed by atoms with Gasteiger partial charge in [0.1, 0.15) is 5.56 Å². The molecule has 0 saturated heterocycles. The molecular weight excluding hydrogens is 276 g/mol. The highest BCUT2D eigenvalue weighted by Gasteiger charge is 2.26. The van der Waals surface area contributed by atoms with E-state index in [1.54, 1.807) is 13.0 Å². The number of carbonyl (C=O) groups excluding carboxylic acids is 2. The smallest absolute Gasteiger partial charge is 0.346 e. The average molecular weight is 294 g/mol. The Morgan fingerprint density at radius 2 is 2.10 bits per heavy atom. The molecular formula is C14H18N2O5. The fourth-order valence-electron chi connectivity index (χ4n) is 1.73. The molecule has 1 amide bonds. The van der Waals surface area contributed by atoms with Gasteiger partial charge in [-0.3, -0.25) is 14.9 Å². The van der Waals surface area contributed by atoms with Crippen LogP contribution in [0.4, 0.5) is 5.69 Å². The monoisotopic (exact) mass is 294 g/mol. The molecule has 7 nitrogen and oxygen atoms in total. The lowest BCUT2D eigenvalue weighted by Gasteiger charge is -2.14. The van der Waals surface area contributed by atoms with Crippen LogP contribution >= 0.6 is 0 Å². The number of nitro groups is 1. The first kappa shape index (κ1) is 16.6. The standard InChI is InChI=1S/C14H18N2O5/c1-4-8-15-13(17)10(3)21-14(18)12-9(2)6-5-7-11(12)16(19)20/h5-7,10H,4,8H2,1-3H3,(H,15,17)/t10-/m0/s1. The van der Waals surface area contributed by atoms with E-state index >= 15 is 0 Å². The highest BCUT2D eigenvalue weighted by atomic mass is 16.6. The molecule has 0 aliphatic rings. The summed E-state index contributed by atoms with van der Waals surface area (Å²) >= 11 is 0. The third kappa shape index (κ3) is 4.27. The van der Waals surface area contributed by atoms with Crippen LogP contribution in [-0.4, -0.2) is 29.4 Å². The van der Waals surface area contributed by atoms with E-state index in [2.05, 4.69) is 5.32 Å². The van der Waals surface area contributed by atoms with Crippen molar-refractivity contribution < 1.29 is 19.2 Å². The Kier molecular flexibility index (Phi) is 5.83. The van der Waals surface area contributed by atoms with Crippen LogP contribution in [0.5, 0.6) is 0 Å². The number of nitrogens with zero attached hydrogens (tertiary/aromatic N) is 1. The van der Waals surface area contributed by atoms with Crippen LogP contribution in [0.1, 0.15) is 36.2 Å². The maximum atomic E-state index is 12.1. The fraction of sp³-hybridized carbons (Fsp3) is 0.429. The Balaban J connectivity index is 2.90. The van der Waals surface area contributed by atoms with E-state index in [9.17, 15) is 19.7 Å². The van der Waals surface area contributed by atoms with E-state index in [0.717, 1.165) is 6.42 Å². The number of amides is 1. The summed E-state index contributed by atoms with van der Waals surface area (Å²) in [6.07, 6.45) is -0.251. The minimum absolute atomic E-state index is 0.127. The van der Waals surface area contributed by atoms with Gasteiger partial charge in [0.2, 0.25) is 0 Å². The zero-order valence-electron chi connectivity index (χ0n) is 12.2. The number of nitrogens with one attached hydrogen (secondary N) is 1. The van der Waals surface area contributed by atoms with Crippen LogP contribution < -0.4 is 5.32 Å². The Hall–Kier alpha value is -2.44. The number of hydrogen-bond acceptors (Lipinski definition) is 5. The first-order chi connectivity index (χ1) is 9.88. The quantitative estimate of drug-likeness (QED) is 0.491. The van der Waals surface area contributed by atoms with Gasteiger partial charge < -0.3 is 10.1 Å². The molecule has 0 aliphatic heterocycles. The predicted octanol–water partition coefficient (Wildman–Crippen LogP) is 1.97. The number of esters is 1. The number of nitro benzene ring substituents is 1. The summed E-state index contributed by atoms with van der Waals surface area (Å²) in [5, 5.41) is 13.5. The van der Waals surface area contributed by atoms with Crippen molar-refractivity contribution in [2.24, 2.45) is 0 Å². The second kappa shape index (κ2) is 7.37. The van der Waals surface area contributed by atoms with Crippen molar-refractivity contribution >= 4 is 17.6 Å². The van der Waals surface area contributed by atoms with Crippen molar-refractivity contribution in [1.29, 1.82) is 0 Å². The molecule has 21 heavy (non-hydrogen) atoms. The molecule has 1 atom stereocenters. The van der Waals surface area contributed by atoms with E-state index in [4.69, 9.17) is 4.74 Å². The van der Waals surface area contributed by atoms with Gasteiger partial charge in [-0.2, -0.15) is 0 Å². The number of benzene rings is 1. The van der Waals surface area contributed by atoms with Gasteiger partial charge in [0.05, 0.1) is 4.92 Å². The number of carbonyl (C=O) groups is 2. The lowest BCUT2D eigenvalue weighted by molar-refractivity contribution is -0.385. The first-order valence-corrected chi connectivity index (χ1v) is 6.61. The molecule has 1 N–H and O–H groups in total. The molecule has 0 aromatic heterocycles. The minimum atomic E-state index is -1.01. The normalized spacial score (nSPS) is 11.6. The Morgan fingerprint density at radius 3 is 2.67 bits per heavy atom. The number of ether oxygens (including phenoxy) is 1. The Bertz CT molecular complexity index is 556. The van der Waals surface area contributed by atoms with Crippen LogP contribution in [0.15, 0.2) is 18.2 Å². The fourth-order valence-corrected chi connectivity index (χ4v) is 1.73. The SMILES string of the molecule is CCCNC(=O)[C@H](C)OC(=O)c1c(C)cccc1[N+](=O)[O-].